The Morgan fingerprint density at radius 2 is 1.86 bits per heavy atom. The van der Waals surface area contributed by atoms with Gasteiger partial charge in [0.15, 0.2) is 0 Å². The second-order valence-corrected chi connectivity index (χ2v) is 4.31. The fourth-order valence-electron chi connectivity index (χ4n) is 1.38. The maximum Gasteiger partial charge on any atom is 0.124 e. The first-order chi connectivity index (χ1) is 6.83. The average molecular weight is 257 g/mol. The van der Waals surface area contributed by atoms with Crippen LogP contribution in [0.4, 0.5) is 0 Å². The van der Waals surface area contributed by atoms with Crippen molar-refractivity contribution in [3.05, 3.63) is 22.7 Å². The van der Waals surface area contributed by atoms with Crippen molar-refractivity contribution in [3.8, 4) is 0 Å². The molecule has 0 N–H and O–H groups in total. The largest absolute Gasteiger partial charge is 0.257 e. The third-order valence-corrected chi connectivity index (χ3v) is 2.62. The van der Waals surface area contributed by atoms with Crippen LogP contribution in [0.25, 0.3) is 0 Å². The first kappa shape index (κ1) is 11.6. The Kier molecular flexibility index (Phi) is 5.76. The molecule has 14 heavy (non-hydrogen) atoms. The Morgan fingerprint density at radius 1 is 1.07 bits per heavy atom. The Balaban J connectivity index is 2.15. The summed E-state index contributed by atoms with van der Waals surface area (Å²) in [4.78, 5) is 8.44. The summed E-state index contributed by atoms with van der Waals surface area (Å²) in [5.41, 5.74) is 1.10. The fraction of sp³-hybridized carbons (Fsp3) is 0.636. The van der Waals surface area contributed by atoms with Crippen molar-refractivity contribution in [2.24, 2.45) is 0 Å². The Labute approximate surface area is 94.3 Å². The molecule has 0 amide bonds. The summed E-state index contributed by atoms with van der Waals surface area (Å²) in [5.74, 6) is 0. The number of hydrogen-bond acceptors (Lipinski definition) is 2. The molecule has 0 spiro atoms. The molecule has 0 radical (unpaired) electrons. The van der Waals surface area contributed by atoms with Crippen LogP contribution in [0.15, 0.2) is 17.0 Å². The third kappa shape index (κ3) is 4.70. The van der Waals surface area contributed by atoms with Crippen molar-refractivity contribution in [3.63, 3.8) is 0 Å². The summed E-state index contributed by atoms with van der Waals surface area (Å²) in [7, 11) is 0. The average Bonchev–Trinajstić information content (AvgIpc) is 2.21. The van der Waals surface area contributed by atoms with E-state index >= 15 is 0 Å². The lowest BCUT2D eigenvalue weighted by atomic mass is 10.1. The van der Waals surface area contributed by atoms with Gasteiger partial charge in [0.25, 0.3) is 0 Å². The van der Waals surface area contributed by atoms with E-state index in [2.05, 4.69) is 32.8 Å². The Bertz CT molecular complexity index is 246. The molecule has 0 atom stereocenters. The summed E-state index contributed by atoms with van der Waals surface area (Å²) in [6.45, 7) is 2.24. The first-order valence-corrected chi connectivity index (χ1v) is 6.08. The van der Waals surface area contributed by atoms with Gasteiger partial charge in [0.2, 0.25) is 0 Å². The zero-order valence-electron chi connectivity index (χ0n) is 8.67. The number of hydrogen-bond donors (Lipinski definition) is 0. The van der Waals surface area contributed by atoms with Crippen LogP contribution in [0.1, 0.15) is 44.7 Å². The Morgan fingerprint density at radius 3 is 2.50 bits per heavy atom. The third-order valence-electron chi connectivity index (χ3n) is 2.21. The number of aromatic nitrogens is 2. The molecule has 0 aliphatic rings. The van der Waals surface area contributed by atoms with Gasteiger partial charge in [-0.05, 0) is 28.8 Å². The van der Waals surface area contributed by atoms with Gasteiger partial charge < -0.3 is 0 Å². The minimum atomic E-state index is 0.812. The van der Waals surface area contributed by atoms with Gasteiger partial charge in [-0.25, -0.2) is 4.98 Å². The Hall–Kier alpha value is -0.440. The van der Waals surface area contributed by atoms with E-state index in [-0.39, 0.29) is 0 Å². The zero-order valence-corrected chi connectivity index (χ0v) is 10.3. The van der Waals surface area contributed by atoms with Crippen molar-refractivity contribution in [1.82, 2.24) is 9.97 Å². The molecule has 2 nitrogen and oxygen atoms in total. The summed E-state index contributed by atoms with van der Waals surface area (Å²) in [6, 6.07) is 0. The van der Waals surface area contributed by atoms with Crippen LogP contribution in [0.3, 0.4) is 0 Å². The van der Waals surface area contributed by atoms with E-state index in [1.165, 1.54) is 32.1 Å². The molecule has 78 valence electrons. The summed E-state index contributed by atoms with van der Waals surface area (Å²) in [5, 5.41) is 0. The van der Waals surface area contributed by atoms with Gasteiger partial charge in [-0.15, -0.1) is 0 Å². The smallest absolute Gasteiger partial charge is 0.124 e. The zero-order chi connectivity index (χ0) is 10.2. The number of unbranched alkanes of at least 4 members (excludes halogenated alkanes) is 4. The standard InChI is InChI=1S/C11H17BrN2/c1-2-3-4-5-6-7-10-8-14-11(12)9-13-10/h8-9H,2-7H2,1H3. The fourth-order valence-corrected chi connectivity index (χ4v) is 1.58. The van der Waals surface area contributed by atoms with Gasteiger partial charge in [-0.2, -0.15) is 0 Å². The molecule has 0 bridgehead atoms. The van der Waals surface area contributed by atoms with E-state index < -0.39 is 0 Å². The molecular formula is C11H17BrN2. The summed E-state index contributed by atoms with van der Waals surface area (Å²) >= 11 is 3.27. The molecule has 0 aromatic carbocycles. The normalized spacial score (nSPS) is 10.4. The highest BCUT2D eigenvalue weighted by atomic mass is 79.9. The number of nitrogens with zero attached hydrogens (tertiary/aromatic N) is 2. The minimum Gasteiger partial charge on any atom is -0.257 e. The quantitative estimate of drug-likeness (QED) is 0.725. The molecule has 0 aliphatic heterocycles. The van der Waals surface area contributed by atoms with Crippen LogP contribution in [0.2, 0.25) is 0 Å². The number of rotatable bonds is 6. The van der Waals surface area contributed by atoms with Crippen molar-refractivity contribution in [2.75, 3.05) is 0 Å². The molecule has 3 heteroatoms. The van der Waals surface area contributed by atoms with Gasteiger partial charge in [-0.1, -0.05) is 32.6 Å². The molecule has 0 saturated heterocycles. The summed E-state index contributed by atoms with van der Waals surface area (Å²) in [6.07, 6.45) is 11.2. The van der Waals surface area contributed by atoms with Crippen molar-refractivity contribution >= 4 is 15.9 Å². The number of aryl methyl sites for hydroxylation is 1. The maximum atomic E-state index is 4.29. The van der Waals surface area contributed by atoms with E-state index in [0.717, 1.165) is 16.7 Å². The lowest BCUT2D eigenvalue weighted by Gasteiger charge is -2.00. The lowest BCUT2D eigenvalue weighted by molar-refractivity contribution is 0.627. The lowest BCUT2D eigenvalue weighted by Crippen LogP contribution is -1.91. The highest BCUT2D eigenvalue weighted by Gasteiger charge is 1.95. The SMILES string of the molecule is CCCCCCCc1cnc(Br)cn1. The number of halogens is 1. The van der Waals surface area contributed by atoms with Crippen LogP contribution in [-0.4, -0.2) is 9.97 Å². The molecule has 0 fully saturated rings. The van der Waals surface area contributed by atoms with E-state index in [1.807, 2.05) is 6.20 Å². The van der Waals surface area contributed by atoms with Crippen LogP contribution < -0.4 is 0 Å². The minimum absolute atomic E-state index is 0.812. The predicted molar refractivity (Wildman–Crippen MR) is 62.2 cm³/mol. The summed E-state index contributed by atoms with van der Waals surface area (Å²) < 4.78 is 0.812. The van der Waals surface area contributed by atoms with E-state index in [4.69, 9.17) is 0 Å². The predicted octanol–water partition coefficient (Wildman–Crippen LogP) is 3.75. The van der Waals surface area contributed by atoms with Crippen molar-refractivity contribution < 1.29 is 0 Å². The van der Waals surface area contributed by atoms with Crippen LogP contribution in [-0.2, 0) is 6.42 Å². The van der Waals surface area contributed by atoms with E-state index in [0.29, 0.717) is 0 Å². The molecular weight excluding hydrogens is 240 g/mol. The van der Waals surface area contributed by atoms with E-state index in [9.17, 15) is 0 Å². The van der Waals surface area contributed by atoms with Crippen LogP contribution in [0, 0.1) is 0 Å². The molecule has 1 heterocycles. The second-order valence-electron chi connectivity index (χ2n) is 3.49. The van der Waals surface area contributed by atoms with Crippen LogP contribution >= 0.6 is 15.9 Å². The highest BCUT2D eigenvalue weighted by molar-refractivity contribution is 9.10. The van der Waals surface area contributed by atoms with Gasteiger partial charge in [0, 0.05) is 6.20 Å². The molecule has 1 rings (SSSR count). The molecule has 1 aromatic rings. The monoisotopic (exact) mass is 256 g/mol. The molecule has 0 aliphatic carbocycles. The van der Waals surface area contributed by atoms with Gasteiger partial charge in [0.1, 0.15) is 4.60 Å². The molecule has 0 saturated carbocycles. The van der Waals surface area contributed by atoms with Crippen LogP contribution in [0.5, 0.6) is 0 Å². The second kappa shape index (κ2) is 6.93. The van der Waals surface area contributed by atoms with Gasteiger partial charge in [-0.3, -0.25) is 4.98 Å². The van der Waals surface area contributed by atoms with Gasteiger partial charge >= 0.3 is 0 Å². The highest BCUT2D eigenvalue weighted by Crippen LogP contribution is 2.08. The first-order valence-electron chi connectivity index (χ1n) is 5.29. The molecule has 1 aromatic heterocycles. The topological polar surface area (TPSA) is 25.8 Å². The van der Waals surface area contributed by atoms with Crippen molar-refractivity contribution in [1.29, 1.82) is 0 Å². The van der Waals surface area contributed by atoms with E-state index in [1.54, 1.807) is 6.20 Å². The van der Waals surface area contributed by atoms with Gasteiger partial charge in [0.05, 0.1) is 11.9 Å². The molecule has 0 unspecified atom stereocenters. The van der Waals surface area contributed by atoms with Crippen molar-refractivity contribution in [2.45, 2.75) is 45.4 Å². The maximum absolute atomic E-state index is 4.29.